The molecular weight excluding hydrogens is 210 g/mol. The lowest BCUT2D eigenvalue weighted by Crippen LogP contribution is -2.32. The van der Waals surface area contributed by atoms with Crippen molar-refractivity contribution in [2.45, 2.75) is 44.1 Å². The number of nitrogens with zero attached hydrogens (tertiary/aromatic N) is 1. The van der Waals surface area contributed by atoms with E-state index in [4.69, 9.17) is 0 Å². The van der Waals surface area contributed by atoms with Crippen LogP contribution in [0, 0.1) is 0 Å². The molecule has 2 heteroatoms. The lowest BCUT2D eigenvalue weighted by atomic mass is 9.98. The van der Waals surface area contributed by atoms with E-state index < -0.39 is 0 Å². The first-order valence-corrected chi connectivity index (χ1v) is 6.82. The van der Waals surface area contributed by atoms with E-state index in [2.05, 4.69) is 29.2 Å². The molecule has 0 radical (unpaired) electrons. The molecule has 1 aliphatic carbocycles. The van der Waals surface area contributed by atoms with E-state index >= 15 is 0 Å². The molecule has 1 heterocycles. The molecule has 2 aliphatic rings. The number of aliphatic hydroxyl groups is 1. The molecule has 0 saturated heterocycles. The largest absolute Gasteiger partial charge is 0.390 e. The molecule has 2 nitrogen and oxygen atoms in total. The average molecular weight is 231 g/mol. The molecule has 0 bridgehead atoms. The Morgan fingerprint density at radius 2 is 1.94 bits per heavy atom. The Morgan fingerprint density at radius 3 is 2.76 bits per heavy atom. The van der Waals surface area contributed by atoms with Crippen LogP contribution in [0.2, 0.25) is 0 Å². The third-order valence-corrected chi connectivity index (χ3v) is 4.36. The van der Waals surface area contributed by atoms with Crippen molar-refractivity contribution in [3.8, 4) is 0 Å². The fourth-order valence-corrected chi connectivity index (χ4v) is 3.27. The monoisotopic (exact) mass is 231 g/mol. The highest BCUT2D eigenvalue weighted by Gasteiger charge is 2.31. The zero-order chi connectivity index (χ0) is 11.7. The van der Waals surface area contributed by atoms with Crippen molar-refractivity contribution in [1.29, 1.82) is 0 Å². The van der Waals surface area contributed by atoms with Crippen molar-refractivity contribution in [1.82, 2.24) is 0 Å². The first kappa shape index (κ1) is 11.1. The number of para-hydroxylation sites is 1. The van der Waals surface area contributed by atoms with Gasteiger partial charge in [-0.3, -0.25) is 0 Å². The summed E-state index contributed by atoms with van der Waals surface area (Å²) < 4.78 is 0. The van der Waals surface area contributed by atoms with Gasteiger partial charge in [0.15, 0.2) is 0 Å². The van der Waals surface area contributed by atoms with Crippen LogP contribution in [0.3, 0.4) is 0 Å². The molecule has 0 amide bonds. The second-order valence-electron chi connectivity index (χ2n) is 5.55. The quantitative estimate of drug-likeness (QED) is 0.864. The van der Waals surface area contributed by atoms with E-state index in [9.17, 15) is 5.11 Å². The number of anilines is 1. The summed E-state index contributed by atoms with van der Waals surface area (Å²) in [6.45, 7) is 2.13. The molecule has 0 spiro atoms. The zero-order valence-electron chi connectivity index (χ0n) is 10.4. The van der Waals surface area contributed by atoms with Gasteiger partial charge in [-0.05, 0) is 37.3 Å². The smallest absolute Gasteiger partial charge is 0.0664 e. The van der Waals surface area contributed by atoms with Crippen molar-refractivity contribution in [2.75, 3.05) is 18.0 Å². The fraction of sp³-hybridized carbons (Fsp3) is 0.600. The van der Waals surface area contributed by atoms with E-state index in [0.29, 0.717) is 0 Å². The van der Waals surface area contributed by atoms with Gasteiger partial charge in [-0.25, -0.2) is 0 Å². The molecular formula is C15H21NO. The topological polar surface area (TPSA) is 23.5 Å². The Hall–Kier alpha value is -1.02. The maximum Gasteiger partial charge on any atom is 0.0664 e. The molecule has 3 rings (SSSR count). The number of hydrogen-bond donors (Lipinski definition) is 1. The van der Waals surface area contributed by atoms with Crippen molar-refractivity contribution < 1.29 is 5.11 Å². The highest BCUT2D eigenvalue weighted by atomic mass is 16.3. The Balaban J connectivity index is 1.64. The van der Waals surface area contributed by atoms with Crippen LogP contribution in [-0.4, -0.2) is 23.8 Å². The molecule has 0 unspecified atom stereocenters. The van der Waals surface area contributed by atoms with Crippen LogP contribution in [0.25, 0.3) is 0 Å². The summed E-state index contributed by atoms with van der Waals surface area (Å²) in [5.74, 6) is 0. The number of hydrogen-bond acceptors (Lipinski definition) is 2. The summed E-state index contributed by atoms with van der Waals surface area (Å²) in [5, 5.41) is 10.4. The summed E-state index contributed by atoms with van der Waals surface area (Å²) in [7, 11) is 0. The van der Waals surface area contributed by atoms with E-state index in [-0.39, 0.29) is 5.60 Å². The van der Waals surface area contributed by atoms with Crippen molar-refractivity contribution in [3.63, 3.8) is 0 Å². The van der Waals surface area contributed by atoms with Crippen molar-refractivity contribution in [2.24, 2.45) is 0 Å². The molecule has 1 aliphatic heterocycles. The van der Waals surface area contributed by atoms with Gasteiger partial charge in [-0.15, -0.1) is 0 Å². The number of fused-ring (bicyclic) bond motifs is 1. The summed E-state index contributed by atoms with van der Waals surface area (Å²) in [6, 6.07) is 8.66. The Kier molecular flexibility index (Phi) is 2.83. The summed E-state index contributed by atoms with van der Waals surface area (Å²) in [6.07, 6.45) is 6.50. The highest BCUT2D eigenvalue weighted by molar-refractivity contribution is 5.57. The third-order valence-electron chi connectivity index (χ3n) is 4.36. The van der Waals surface area contributed by atoms with Gasteiger partial charge in [0.05, 0.1) is 5.60 Å². The van der Waals surface area contributed by atoms with Gasteiger partial charge in [0.1, 0.15) is 0 Å². The maximum atomic E-state index is 10.4. The van der Waals surface area contributed by atoms with Crippen LogP contribution in [0.15, 0.2) is 24.3 Å². The lowest BCUT2D eigenvalue weighted by molar-refractivity contribution is 0.0409. The van der Waals surface area contributed by atoms with E-state index in [1.807, 2.05) is 0 Å². The predicted molar refractivity (Wildman–Crippen MR) is 70.4 cm³/mol. The average Bonchev–Trinajstić information content (AvgIpc) is 2.94. The van der Waals surface area contributed by atoms with Crippen LogP contribution in [0.5, 0.6) is 0 Å². The third kappa shape index (κ3) is 2.19. The van der Waals surface area contributed by atoms with Crippen molar-refractivity contribution >= 4 is 5.69 Å². The zero-order valence-corrected chi connectivity index (χ0v) is 10.4. The van der Waals surface area contributed by atoms with E-state index in [0.717, 1.165) is 38.8 Å². The summed E-state index contributed by atoms with van der Waals surface area (Å²) in [5.41, 5.74) is 2.48. The van der Waals surface area contributed by atoms with E-state index in [1.165, 1.54) is 24.1 Å². The van der Waals surface area contributed by atoms with Gasteiger partial charge in [-0.2, -0.15) is 0 Å². The Labute approximate surface area is 103 Å². The van der Waals surface area contributed by atoms with Gasteiger partial charge in [-0.1, -0.05) is 31.0 Å². The molecule has 92 valence electrons. The summed E-state index contributed by atoms with van der Waals surface area (Å²) in [4.78, 5) is 2.44. The van der Waals surface area contributed by atoms with Gasteiger partial charge in [0.2, 0.25) is 0 Å². The van der Waals surface area contributed by atoms with Crippen LogP contribution >= 0.6 is 0 Å². The van der Waals surface area contributed by atoms with Gasteiger partial charge < -0.3 is 10.0 Å². The molecule has 1 fully saturated rings. The summed E-state index contributed by atoms with van der Waals surface area (Å²) >= 11 is 0. The van der Waals surface area contributed by atoms with Crippen LogP contribution in [0.1, 0.15) is 37.7 Å². The first-order chi connectivity index (χ1) is 8.27. The molecule has 17 heavy (non-hydrogen) atoms. The van der Waals surface area contributed by atoms with Crippen LogP contribution in [0.4, 0.5) is 5.69 Å². The molecule has 0 atom stereocenters. The Bertz CT molecular complexity index is 396. The lowest BCUT2D eigenvalue weighted by Gasteiger charge is -2.27. The predicted octanol–water partition coefficient (Wildman–Crippen LogP) is 2.74. The van der Waals surface area contributed by atoms with Crippen LogP contribution in [-0.2, 0) is 6.42 Å². The van der Waals surface area contributed by atoms with Gasteiger partial charge in [0, 0.05) is 18.8 Å². The first-order valence-electron chi connectivity index (χ1n) is 6.82. The minimum Gasteiger partial charge on any atom is -0.390 e. The minimum absolute atomic E-state index is 0.364. The number of benzene rings is 1. The molecule has 1 saturated carbocycles. The fourth-order valence-electron chi connectivity index (χ4n) is 3.27. The highest BCUT2D eigenvalue weighted by Crippen LogP contribution is 2.34. The van der Waals surface area contributed by atoms with Gasteiger partial charge >= 0.3 is 0 Å². The molecule has 1 aromatic carbocycles. The number of rotatable bonds is 3. The standard InChI is InChI=1S/C15H21NO/c17-15(8-3-4-9-15)10-12-16-11-7-13-5-1-2-6-14(13)16/h1-2,5-6,17H,3-4,7-12H2. The normalized spacial score (nSPS) is 21.8. The van der Waals surface area contributed by atoms with E-state index in [1.54, 1.807) is 0 Å². The van der Waals surface area contributed by atoms with Crippen molar-refractivity contribution in [3.05, 3.63) is 29.8 Å². The van der Waals surface area contributed by atoms with Crippen LogP contribution < -0.4 is 4.90 Å². The molecule has 1 N–H and O–H groups in total. The Morgan fingerprint density at radius 1 is 1.18 bits per heavy atom. The molecule has 1 aromatic rings. The molecule has 0 aromatic heterocycles. The second-order valence-corrected chi connectivity index (χ2v) is 5.55. The van der Waals surface area contributed by atoms with Gasteiger partial charge in [0.25, 0.3) is 0 Å². The SMILES string of the molecule is OC1(CCN2CCc3ccccc32)CCCC1. The minimum atomic E-state index is -0.364. The second kappa shape index (κ2) is 4.34. The maximum absolute atomic E-state index is 10.4.